The second kappa shape index (κ2) is 13.4. The van der Waals surface area contributed by atoms with Gasteiger partial charge in [-0.15, -0.1) is 0 Å². The summed E-state index contributed by atoms with van der Waals surface area (Å²) < 4.78 is 2.55. The molecule has 2 aliphatic rings. The molecule has 0 saturated carbocycles. The van der Waals surface area contributed by atoms with Crippen LogP contribution in [0, 0.1) is 0 Å². The summed E-state index contributed by atoms with van der Waals surface area (Å²) in [7, 11) is 0. The molecule has 2 heteroatoms. The van der Waals surface area contributed by atoms with Crippen LogP contribution in [0.2, 0.25) is 0 Å². The molecule has 0 bridgehead atoms. The Morgan fingerprint density at radius 2 is 0.921 bits per heavy atom. The number of nitrogens with zero attached hydrogens (tertiary/aromatic N) is 2. The third kappa shape index (κ3) is 5.37. The highest BCUT2D eigenvalue weighted by molar-refractivity contribution is 6.29. The Balaban J connectivity index is 1.28. The van der Waals surface area contributed by atoms with Crippen molar-refractivity contribution in [1.82, 2.24) is 4.57 Å². The van der Waals surface area contributed by atoms with E-state index in [2.05, 4.69) is 245 Å². The van der Waals surface area contributed by atoms with E-state index in [0.717, 1.165) is 22.7 Å². The van der Waals surface area contributed by atoms with Gasteiger partial charge in [0.25, 0.3) is 0 Å². The lowest BCUT2D eigenvalue weighted by molar-refractivity contribution is 0.589. The summed E-state index contributed by atoms with van der Waals surface area (Å²) in [5, 5.41) is 5.21. The molecule has 2 aliphatic carbocycles. The Hall–Kier alpha value is -7.16. The number of anilines is 3. The van der Waals surface area contributed by atoms with Crippen molar-refractivity contribution in [2.24, 2.45) is 0 Å². The van der Waals surface area contributed by atoms with E-state index in [0.29, 0.717) is 0 Å². The molecule has 0 amide bonds. The van der Waals surface area contributed by atoms with E-state index >= 15 is 0 Å². The van der Waals surface area contributed by atoms with Gasteiger partial charge in [-0.2, -0.15) is 0 Å². The first-order chi connectivity index (χ1) is 30.5. The Morgan fingerprint density at radius 3 is 1.51 bits per heavy atom. The predicted octanol–water partition coefficient (Wildman–Crippen LogP) is 16.3. The zero-order valence-electron chi connectivity index (χ0n) is 36.9. The lowest BCUT2D eigenvalue weighted by Gasteiger charge is -2.39. The van der Waals surface area contributed by atoms with Gasteiger partial charge in [0.15, 0.2) is 0 Å². The minimum absolute atomic E-state index is 0.00329. The average molecular weight is 811 g/mol. The highest BCUT2D eigenvalue weighted by Crippen LogP contribution is 2.63. The molecule has 0 unspecified atom stereocenters. The molecule has 63 heavy (non-hydrogen) atoms. The molecular weight excluding hydrogens is 761 g/mol. The summed E-state index contributed by atoms with van der Waals surface area (Å²) in [6.45, 7) is 14.0. The molecule has 0 radical (unpaired) electrons. The van der Waals surface area contributed by atoms with Crippen molar-refractivity contribution in [2.75, 3.05) is 4.90 Å². The first kappa shape index (κ1) is 37.6. The lowest BCUT2D eigenvalue weighted by Crippen LogP contribution is -2.31. The van der Waals surface area contributed by atoms with Gasteiger partial charge in [0.2, 0.25) is 0 Å². The number of aromatic nitrogens is 1. The maximum Gasteiger partial charge on any atom is 0.0726 e. The third-order valence-electron chi connectivity index (χ3n) is 14.1. The van der Waals surface area contributed by atoms with Gasteiger partial charge in [0.05, 0.1) is 22.1 Å². The molecule has 9 aromatic carbocycles. The van der Waals surface area contributed by atoms with Crippen LogP contribution in [0.25, 0.3) is 60.5 Å². The van der Waals surface area contributed by atoms with Crippen molar-refractivity contribution in [2.45, 2.75) is 57.8 Å². The second-order valence-electron chi connectivity index (χ2n) is 19.7. The highest BCUT2D eigenvalue weighted by Gasteiger charge is 2.51. The van der Waals surface area contributed by atoms with Crippen molar-refractivity contribution in [3.05, 3.63) is 228 Å². The largest absolute Gasteiger partial charge is 0.310 e. The smallest absolute Gasteiger partial charge is 0.0726 e. The van der Waals surface area contributed by atoms with Crippen LogP contribution < -0.4 is 4.90 Å². The van der Waals surface area contributed by atoms with Gasteiger partial charge in [-0.3, -0.25) is 0 Å². The maximum atomic E-state index is 2.55. The predicted molar refractivity (Wildman–Crippen MR) is 267 cm³/mol. The van der Waals surface area contributed by atoms with E-state index in [1.807, 2.05) is 0 Å². The van der Waals surface area contributed by atoms with Gasteiger partial charge in [-0.05, 0) is 120 Å². The Kier molecular flexibility index (Phi) is 8.01. The fourth-order valence-corrected chi connectivity index (χ4v) is 11.1. The van der Waals surface area contributed by atoms with Crippen LogP contribution >= 0.6 is 0 Å². The zero-order valence-corrected chi connectivity index (χ0v) is 36.9. The number of para-hydroxylation sites is 2. The second-order valence-corrected chi connectivity index (χ2v) is 19.7. The van der Waals surface area contributed by atoms with Gasteiger partial charge < -0.3 is 9.47 Å². The fourth-order valence-electron chi connectivity index (χ4n) is 11.1. The number of rotatable bonds is 5. The van der Waals surface area contributed by atoms with Crippen molar-refractivity contribution in [3.63, 3.8) is 0 Å². The third-order valence-corrected chi connectivity index (χ3v) is 14.1. The molecule has 0 N–H and O–H groups in total. The van der Waals surface area contributed by atoms with Crippen LogP contribution in [-0.4, -0.2) is 4.57 Å². The molecule has 1 aromatic heterocycles. The SMILES string of the molecule is CC(C)(C)c1ccc2c(c1)-c1cc(C(C)(C)C)ccc1C21c2cccc3c(N(c4ccccc4)c4ccccc4)cc4c(c23)c2c1cccc2n4-c1cccc(-c2ccccc2)c1. The fraction of sp³-hybridized carbons (Fsp3) is 0.148. The van der Waals surface area contributed by atoms with E-state index in [1.165, 1.54) is 88.2 Å². The summed E-state index contributed by atoms with van der Waals surface area (Å²) in [6, 6.07) is 73.2. The molecular formula is C61H50N2. The summed E-state index contributed by atoms with van der Waals surface area (Å²) in [4.78, 5) is 2.46. The zero-order chi connectivity index (χ0) is 42.8. The molecule has 1 spiro atoms. The van der Waals surface area contributed by atoms with Crippen molar-refractivity contribution >= 4 is 49.6 Å². The van der Waals surface area contributed by atoms with E-state index < -0.39 is 5.41 Å². The van der Waals surface area contributed by atoms with E-state index in [1.54, 1.807) is 0 Å². The number of hydrogen-bond acceptors (Lipinski definition) is 1. The molecule has 2 nitrogen and oxygen atoms in total. The number of hydrogen-bond donors (Lipinski definition) is 0. The Bertz CT molecular complexity index is 3350. The van der Waals surface area contributed by atoms with Gasteiger partial charge >= 0.3 is 0 Å². The molecule has 0 saturated heterocycles. The standard InChI is InChI=1S/C61H50N2/c1-59(2,3)41-31-33-49-47(36-41)48-37-42(60(4,5)6)32-34-50(48)61(49)51-28-17-27-46-54(62(43-22-12-8-13-23-43)44-24-14-9-15-25-44)38-55-58(56(46)51)57-52(61)29-18-30-53(57)63(55)45-26-16-21-40(35-45)39-19-10-7-11-20-39/h7-38H,1-6H3. The van der Waals surface area contributed by atoms with E-state index in [9.17, 15) is 0 Å². The van der Waals surface area contributed by atoms with Crippen molar-refractivity contribution < 1.29 is 0 Å². The van der Waals surface area contributed by atoms with Crippen molar-refractivity contribution in [3.8, 4) is 27.9 Å². The van der Waals surface area contributed by atoms with Crippen LogP contribution in [0.5, 0.6) is 0 Å². The van der Waals surface area contributed by atoms with E-state index in [-0.39, 0.29) is 10.8 Å². The first-order valence-electron chi connectivity index (χ1n) is 22.4. The van der Waals surface area contributed by atoms with Crippen LogP contribution in [-0.2, 0) is 16.2 Å². The Morgan fingerprint density at radius 1 is 0.397 bits per heavy atom. The van der Waals surface area contributed by atoms with Gasteiger partial charge in [-0.25, -0.2) is 0 Å². The molecule has 10 aromatic rings. The molecule has 0 aliphatic heterocycles. The van der Waals surface area contributed by atoms with Crippen LogP contribution in [0.3, 0.4) is 0 Å². The van der Waals surface area contributed by atoms with Gasteiger partial charge in [0, 0.05) is 33.2 Å². The summed E-state index contributed by atoms with van der Waals surface area (Å²) >= 11 is 0. The number of fused-ring (bicyclic) bond motifs is 7. The lowest BCUT2D eigenvalue weighted by atomic mass is 9.62. The molecule has 304 valence electrons. The maximum absolute atomic E-state index is 2.55. The summed E-state index contributed by atoms with van der Waals surface area (Å²) in [5.41, 5.74) is 19.6. The van der Waals surface area contributed by atoms with Gasteiger partial charge in [0.1, 0.15) is 0 Å². The Labute approximate surface area is 370 Å². The molecule has 0 fully saturated rings. The van der Waals surface area contributed by atoms with Crippen LogP contribution in [0.15, 0.2) is 194 Å². The van der Waals surface area contributed by atoms with Crippen LogP contribution in [0.4, 0.5) is 17.1 Å². The topological polar surface area (TPSA) is 8.17 Å². The monoisotopic (exact) mass is 810 g/mol. The molecule has 12 rings (SSSR count). The minimum Gasteiger partial charge on any atom is -0.310 e. The number of benzene rings is 9. The van der Waals surface area contributed by atoms with E-state index in [4.69, 9.17) is 0 Å². The first-order valence-corrected chi connectivity index (χ1v) is 22.4. The highest BCUT2D eigenvalue weighted by atomic mass is 15.1. The van der Waals surface area contributed by atoms with Crippen LogP contribution in [0.1, 0.15) is 74.9 Å². The van der Waals surface area contributed by atoms with Crippen molar-refractivity contribution in [1.29, 1.82) is 0 Å². The molecule has 0 atom stereocenters. The molecule has 1 heterocycles. The summed E-state index contributed by atoms with van der Waals surface area (Å²) in [6.07, 6.45) is 0. The quantitative estimate of drug-likeness (QED) is 0.168. The average Bonchev–Trinajstić information content (AvgIpc) is 3.79. The normalized spacial score (nSPS) is 13.7. The van der Waals surface area contributed by atoms with Gasteiger partial charge in [-0.1, -0.05) is 187 Å². The summed E-state index contributed by atoms with van der Waals surface area (Å²) in [5.74, 6) is 0. The minimum atomic E-state index is -0.558.